The predicted octanol–water partition coefficient (Wildman–Crippen LogP) is 2.65. The van der Waals surface area contributed by atoms with Crippen molar-refractivity contribution in [1.82, 2.24) is 0 Å². The molecule has 0 aromatic heterocycles. The lowest BCUT2D eigenvalue weighted by Gasteiger charge is -2.13. The third kappa shape index (κ3) is 4.62. The zero-order chi connectivity index (χ0) is 18.4. The molecule has 1 atom stereocenters. The molecule has 25 heavy (non-hydrogen) atoms. The van der Waals surface area contributed by atoms with Crippen LogP contribution in [0.25, 0.3) is 0 Å². The van der Waals surface area contributed by atoms with E-state index in [-0.39, 0.29) is 11.3 Å². The van der Waals surface area contributed by atoms with Crippen LogP contribution in [0.3, 0.4) is 0 Å². The van der Waals surface area contributed by atoms with Crippen molar-refractivity contribution in [3.63, 3.8) is 0 Å². The number of ether oxygens (including phenoxy) is 1. The van der Waals surface area contributed by atoms with E-state index >= 15 is 0 Å². The lowest BCUT2D eigenvalue weighted by atomic mass is 10.2. The van der Waals surface area contributed by atoms with E-state index in [2.05, 4.69) is 5.32 Å². The molecule has 0 heterocycles. The summed E-state index contributed by atoms with van der Waals surface area (Å²) in [6, 6.07) is 13.2. The van der Waals surface area contributed by atoms with Crippen LogP contribution in [0.5, 0.6) is 0 Å². The molecule has 8 heteroatoms. The number of carbonyl (C=O) groups is 2. The normalized spacial score (nSPS) is 11.0. The Bertz CT molecular complexity index is 873. The molecule has 1 amide bonds. The van der Waals surface area contributed by atoms with Gasteiger partial charge in [0.15, 0.2) is 6.10 Å². The van der Waals surface area contributed by atoms with Gasteiger partial charge in [-0.1, -0.05) is 12.1 Å². The maximum Gasteiger partial charge on any atom is 0.339 e. The van der Waals surface area contributed by atoms with Gasteiger partial charge >= 0.3 is 5.97 Å². The van der Waals surface area contributed by atoms with Crippen molar-refractivity contribution in [3.05, 3.63) is 69.8 Å². The molecule has 0 unspecified atom stereocenters. The summed E-state index contributed by atoms with van der Waals surface area (Å²) in [5.74, 6) is -1.44. The minimum Gasteiger partial charge on any atom is -0.449 e. The van der Waals surface area contributed by atoms with E-state index in [9.17, 15) is 19.7 Å². The maximum absolute atomic E-state index is 12.1. The van der Waals surface area contributed by atoms with Crippen molar-refractivity contribution in [2.24, 2.45) is 0 Å². The highest BCUT2D eigenvalue weighted by molar-refractivity contribution is 5.97. The van der Waals surface area contributed by atoms with E-state index in [0.29, 0.717) is 11.3 Å². The van der Waals surface area contributed by atoms with E-state index in [1.807, 2.05) is 6.07 Å². The van der Waals surface area contributed by atoms with Gasteiger partial charge in [0.25, 0.3) is 11.6 Å². The van der Waals surface area contributed by atoms with E-state index in [0.717, 1.165) is 6.07 Å². The van der Waals surface area contributed by atoms with Crippen LogP contribution >= 0.6 is 0 Å². The average Bonchev–Trinajstić information content (AvgIpc) is 2.61. The van der Waals surface area contributed by atoms with Crippen LogP contribution in [0.4, 0.5) is 11.4 Å². The highest BCUT2D eigenvalue weighted by atomic mass is 16.6. The van der Waals surface area contributed by atoms with Crippen molar-refractivity contribution in [1.29, 1.82) is 5.26 Å². The van der Waals surface area contributed by atoms with Gasteiger partial charge in [-0.2, -0.15) is 5.26 Å². The zero-order valence-electron chi connectivity index (χ0n) is 13.1. The summed E-state index contributed by atoms with van der Waals surface area (Å²) in [6.45, 7) is 1.37. The van der Waals surface area contributed by atoms with Gasteiger partial charge in [0, 0.05) is 17.8 Å². The van der Waals surface area contributed by atoms with Crippen LogP contribution in [-0.2, 0) is 9.53 Å². The number of rotatable bonds is 5. The smallest absolute Gasteiger partial charge is 0.339 e. The van der Waals surface area contributed by atoms with E-state index in [1.54, 1.807) is 18.2 Å². The SMILES string of the molecule is C[C@H](OC(=O)c1cccc([N+](=O)[O-])c1)C(=O)Nc1cccc(C#N)c1. The Morgan fingerprint density at radius 2 is 1.96 bits per heavy atom. The van der Waals surface area contributed by atoms with Crippen molar-refractivity contribution in [2.45, 2.75) is 13.0 Å². The van der Waals surface area contributed by atoms with Crippen molar-refractivity contribution in [3.8, 4) is 6.07 Å². The van der Waals surface area contributed by atoms with Crippen molar-refractivity contribution < 1.29 is 19.2 Å². The number of esters is 1. The van der Waals surface area contributed by atoms with Gasteiger partial charge in [0.05, 0.1) is 22.1 Å². The summed E-state index contributed by atoms with van der Waals surface area (Å²) in [7, 11) is 0. The minimum atomic E-state index is -1.13. The molecular weight excluding hydrogens is 326 g/mol. The Balaban J connectivity index is 2.03. The van der Waals surface area contributed by atoms with Crippen LogP contribution in [-0.4, -0.2) is 22.9 Å². The molecule has 1 N–H and O–H groups in total. The zero-order valence-corrected chi connectivity index (χ0v) is 13.1. The average molecular weight is 339 g/mol. The molecule has 126 valence electrons. The molecule has 0 fully saturated rings. The van der Waals surface area contributed by atoms with Gasteiger partial charge in [-0.05, 0) is 31.2 Å². The molecule has 2 rings (SSSR count). The first-order valence-corrected chi connectivity index (χ1v) is 7.17. The Morgan fingerprint density at radius 3 is 2.64 bits per heavy atom. The molecule has 2 aromatic carbocycles. The molecule has 0 radical (unpaired) electrons. The summed E-state index contributed by atoms with van der Waals surface area (Å²) in [5, 5.41) is 22.1. The topological polar surface area (TPSA) is 122 Å². The summed E-state index contributed by atoms with van der Waals surface area (Å²) >= 11 is 0. The standard InChI is InChI=1S/C17H13N3O5/c1-11(16(21)19-14-6-2-4-12(8-14)10-18)25-17(22)13-5-3-7-15(9-13)20(23)24/h2-9,11H,1H3,(H,19,21)/t11-/m0/s1. The lowest BCUT2D eigenvalue weighted by Crippen LogP contribution is -2.30. The van der Waals surface area contributed by atoms with Gasteiger partial charge in [-0.15, -0.1) is 0 Å². The number of nitriles is 1. The summed E-state index contributed by atoms with van der Waals surface area (Å²) in [6.07, 6.45) is -1.13. The van der Waals surface area contributed by atoms with E-state index in [1.165, 1.54) is 31.2 Å². The number of anilines is 1. The highest BCUT2D eigenvalue weighted by Gasteiger charge is 2.20. The molecular formula is C17H13N3O5. The second-order valence-corrected chi connectivity index (χ2v) is 5.04. The molecule has 0 aliphatic carbocycles. The van der Waals surface area contributed by atoms with E-state index in [4.69, 9.17) is 10.00 Å². The van der Waals surface area contributed by atoms with Gasteiger partial charge in [-0.25, -0.2) is 4.79 Å². The maximum atomic E-state index is 12.1. The Morgan fingerprint density at radius 1 is 1.24 bits per heavy atom. The second kappa shape index (κ2) is 7.70. The monoisotopic (exact) mass is 339 g/mol. The summed E-state index contributed by atoms with van der Waals surface area (Å²) < 4.78 is 5.02. The fourth-order valence-electron chi connectivity index (χ4n) is 1.94. The first-order valence-electron chi connectivity index (χ1n) is 7.17. The minimum absolute atomic E-state index is 0.0275. The molecule has 0 aliphatic heterocycles. The number of nitro benzene ring substituents is 1. The van der Waals surface area contributed by atoms with Crippen LogP contribution in [0.2, 0.25) is 0 Å². The van der Waals surface area contributed by atoms with Gasteiger partial charge in [0.2, 0.25) is 0 Å². The molecule has 8 nitrogen and oxygen atoms in total. The summed E-state index contributed by atoms with van der Waals surface area (Å²) in [4.78, 5) is 34.2. The van der Waals surface area contributed by atoms with Crippen molar-refractivity contribution in [2.75, 3.05) is 5.32 Å². The Labute approximate surface area is 142 Å². The second-order valence-electron chi connectivity index (χ2n) is 5.04. The predicted molar refractivity (Wildman–Crippen MR) is 87.8 cm³/mol. The van der Waals surface area contributed by atoms with E-state index < -0.39 is 22.9 Å². The molecule has 0 spiro atoms. The lowest BCUT2D eigenvalue weighted by molar-refractivity contribution is -0.384. The number of nitrogens with zero attached hydrogens (tertiary/aromatic N) is 2. The number of nitrogens with one attached hydrogen (secondary N) is 1. The first-order chi connectivity index (χ1) is 11.9. The molecule has 0 saturated carbocycles. The highest BCUT2D eigenvalue weighted by Crippen LogP contribution is 2.15. The number of nitro groups is 1. The third-order valence-electron chi connectivity index (χ3n) is 3.20. The number of carbonyl (C=O) groups excluding carboxylic acids is 2. The molecule has 0 aliphatic rings. The molecule has 0 saturated heterocycles. The van der Waals surface area contributed by atoms with Crippen LogP contribution in [0.15, 0.2) is 48.5 Å². The fourth-order valence-corrected chi connectivity index (χ4v) is 1.94. The van der Waals surface area contributed by atoms with Crippen molar-refractivity contribution >= 4 is 23.3 Å². The van der Waals surface area contributed by atoms with Gasteiger partial charge < -0.3 is 10.1 Å². The largest absolute Gasteiger partial charge is 0.449 e. The molecule has 0 bridgehead atoms. The number of hydrogen-bond acceptors (Lipinski definition) is 6. The Hall–Kier alpha value is -3.73. The number of benzene rings is 2. The van der Waals surface area contributed by atoms with Gasteiger partial charge in [-0.3, -0.25) is 14.9 Å². The number of hydrogen-bond donors (Lipinski definition) is 1. The number of non-ortho nitro benzene ring substituents is 1. The molecule has 2 aromatic rings. The van der Waals surface area contributed by atoms with Crippen LogP contribution < -0.4 is 5.32 Å². The Kier molecular flexibility index (Phi) is 5.43. The quantitative estimate of drug-likeness (QED) is 0.507. The first kappa shape index (κ1) is 17.6. The summed E-state index contributed by atoms with van der Waals surface area (Å²) in [5.41, 5.74) is 0.488. The third-order valence-corrected chi connectivity index (χ3v) is 3.20. The van der Waals surface area contributed by atoms with Crippen LogP contribution in [0, 0.1) is 21.4 Å². The van der Waals surface area contributed by atoms with Crippen LogP contribution in [0.1, 0.15) is 22.8 Å². The number of amides is 1. The fraction of sp³-hybridized carbons (Fsp3) is 0.118. The van der Waals surface area contributed by atoms with Gasteiger partial charge in [0.1, 0.15) is 0 Å².